The van der Waals surface area contributed by atoms with Crippen molar-refractivity contribution in [1.29, 1.82) is 0 Å². The third-order valence-electron chi connectivity index (χ3n) is 2.99. The average molecular weight is 258 g/mol. The molecule has 0 bridgehead atoms. The predicted octanol–water partition coefficient (Wildman–Crippen LogP) is 2.50. The van der Waals surface area contributed by atoms with E-state index in [0.717, 1.165) is 32.5 Å². The Hall–Kier alpha value is -0.120. The third-order valence-corrected chi connectivity index (χ3v) is 2.99. The molecule has 0 aromatic carbocycles. The highest BCUT2D eigenvalue weighted by molar-refractivity contribution is 4.80. The van der Waals surface area contributed by atoms with Crippen molar-refractivity contribution in [2.75, 3.05) is 33.3 Å². The van der Waals surface area contributed by atoms with Gasteiger partial charge in [0.2, 0.25) is 0 Å². The molecule has 0 rings (SSSR count). The van der Waals surface area contributed by atoms with Gasteiger partial charge in [-0.15, -0.1) is 0 Å². The van der Waals surface area contributed by atoms with Gasteiger partial charge in [-0.05, 0) is 59.0 Å². The SMILES string of the molecule is CN(CCCCCO)CC(C)(C)CNC(C)(C)C. The summed E-state index contributed by atoms with van der Waals surface area (Å²) in [7, 11) is 2.19. The monoisotopic (exact) mass is 258 g/mol. The molecule has 2 N–H and O–H groups in total. The maximum absolute atomic E-state index is 8.74. The quantitative estimate of drug-likeness (QED) is 0.624. The smallest absolute Gasteiger partial charge is 0.0431 e. The molecule has 0 unspecified atom stereocenters. The van der Waals surface area contributed by atoms with Gasteiger partial charge in [0.05, 0.1) is 0 Å². The molecule has 0 aromatic heterocycles. The van der Waals surface area contributed by atoms with Gasteiger partial charge < -0.3 is 15.3 Å². The summed E-state index contributed by atoms with van der Waals surface area (Å²) in [5.74, 6) is 0. The Kier molecular flexibility index (Phi) is 8.08. The van der Waals surface area contributed by atoms with Gasteiger partial charge in [0.1, 0.15) is 0 Å². The standard InChI is InChI=1S/C15H34N2O/c1-14(2,3)16-12-15(4,5)13-17(6)10-8-7-9-11-18/h16,18H,7-13H2,1-6H3. The number of nitrogens with one attached hydrogen (secondary N) is 1. The molecule has 3 nitrogen and oxygen atoms in total. The molecular weight excluding hydrogens is 224 g/mol. The summed E-state index contributed by atoms with van der Waals surface area (Å²) >= 11 is 0. The van der Waals surface area contributed by atoms with E-state index >= 15 is 0 Å². The van der Waals surface area contributed by atoms with Gasteiger partial charge in [-0.3, -0.25) is 0 Å². The lowest BCUT2D eigenvalue weighted by Crippen LogP contribution is -2.45. The lowest BCUT2D eigenvalue weighted by Gasteiger charge is -2.33. The molecule has 0 radical (unpaired) electrons. The maximum Gasteiger partial charge on any atom is 0.0431 e. The number of aliphatic hydroxyl groups excluding tert-OH is 1. The summed E-state index contributed by atoms with van der Waals surface area (Å²) in [4.78, 5) is 2.40. The van der Waals surface area contributed by atoms with Crippen molar-refractivity contribution in [2.24, 2.45) is 5.41 Å². The highest BCUT2D eigenvalue weighted by Crippen LogP contribution is 2.17. The van der Waals surface area contributed by atoms with Crippen LogP contribution < -0.4 is 5.32 Å². The number of hydrogen-bond acceptors (Lipinski definition) is 3. The van der Waals surface area contributed by atoms with E-state index in [2.05, 4.69) is 51.9 Å². The molecule has 0 aliphatic rings. The zero-order chi connectivity index (χ0) is 14.2. The van der Waals surface area contributed by atoms with E-state index in [9.17, 15) is 0 Å². The molecule has 0 saturated carbocycles. The van der Waals surface area contributed by atoms with E-state index in [1.165, 1.54) is 6.42 Å². The van der Waals surface area contributed by atoms with Crippen LogP contribution in [0.4, 0.5) is 0 Å². The van der Waals surface area contributed by atoms with Gasteiger partial charge in [-0.2, -0.15) is 0 Å². The van der Waals surface area contributed by atoms with Crippen LogP contribution in [-0.2, 0) is 0 Å². The number of unbranched alkanes of at least 4 members (excludes halogenated alkanes) is 2. The highest BCUT2D eigenvalue weighted by atomic mass is 16.2. The Balaban J connectivity index is 3.85. The minimum atomic E-state index is 0.191. The molecule has 0 heterocycles. The van der Waals surface area contributed by atoms with Crippen LogP contribution in [0.15, 0.2) is 0 Å². The lowest BCUT2D eigenvalue weighted by atomic mass is 9.91. The van der Waals surface area contributed by atoms with Gasteiger partial charge in [-0.1, -0.05) is 13.8 Å². The van der Waals surface area contributed by atoms with Gasteiger partial charge in [0, 0.05) is 25.2 Å². The van der Waals surface area contributed by atoms with Crippen LogP contribution in [0.25, 0.3) is 0 Å². The second kappa shape index (κ2) is 8.13. The van der Waals surface area contributed by atoms with E-state index in [4.69, 9.17) is 5.11 Å². The lowest BCUT2D eigenvalue weighted by molar-refractivity contribution is 0.187. The van der Waals surface area contributed by atoms with Crippen molar-refractivity contribution < 1.29 is 5.11 Å². The first-order valence-corrected chi connectivity index (χ1v) is 7.21. The third kappa shape index (κ3) is 11.0. The molecule has 0 aliphatic heterocycles. The van der Waals surface area contributed by atoms with Crippen LogP contribution in [0.1, 0.15) is 53.9 Å². The van der Waals surface area contributed by atoms with Crippen molar-refractivity contribution in [3.8, 4) is 0 Å². The Labute approximate surface area is 114 Å². The molecule has 0 amide bonds. The minimum absolute atomic E-state index is 0.191. The topological polar surface area (TPSA) is 35.5 Å². The first-order chi connectivity index (χ1) is 8.16. The molecule has 0 fully saturated rings. The summed E-state index contributed by atoms with van der Waals surface area (Å²) < 4.78 is 0. The largest absolute Gasteiger partial charge is 0.396 e. The molecule has 0 spiro atoms. The molecule has 0 aromatic rings. The Morgan fingerprint density at radius 1 is 1.00 bits per heavy atom. The van der Waals surface area contributed by atoms with Crippen LogP contribution in [0.3, 0.4) is 0 Å². The molecule has 0 aliphatic carbocycles. The zero-order valence-electron chi connectivity index (χ0n) is 13.3. The summed E-state index contributed by atoms with van der Waals surface area (Å²) in [6.45, 7) is 14.9. The molecular formula is C15H34N2O. The second-order valence-corrected chi connectivity index (χ2v) is 7.29. The molecule has 3 heteroatoms. The summed E-state index contributed by atoms with van der Waals surface area (Å²) in [6, 6.07) is 0. The van der Waals surface area contributed by atoms with E-state index < -0.39 is 0 Å². The zero-order valence-corrected chi connectivity index (χ0v) is 13.3. The van der Waals surface area contributed by atoms with Crippen molar-refractivity contribution in [3.63, 3.8) is 0 Å². The van der Waals surface area contributed by atoms with Crippen LogP contribution >= 0.6 is 0 Å². The maximum atomic E-state index is 8.74. The molecule has 0 saturated heterocycles. The van der Waals surface area contributed by atoms with Gasteiger partial charge in [0.15, 0.2) is 0 Å². The van der Waals surface area contributed by atoms with Crippen molar-refractivity contribution in [1.82, 2.24) is 10.2 Å². The van der Waals surface area contributed by atoms with E-state index in [-0.39, 0.29) is 5.54 Å². The van der Waals surface area contributed by atoms with E-state index in [0.29, 0.717) is 12.0 Å². The fourth-order valence-electron chi connectivity index (χ4n) is 2.04. The number of nitrogens with zero attached hydrogens (tertiary/aromatic N) is 1. The van der Waals surface area contributed by atoms with Crippen LogP contribution in [-0.4, -0.2) is 48.8 Å². The normalized spacial score (nSPS) is 13.3. The van der Waals surface area contributed by atoms with Crippen molar-refractivity contribution >= 4 is 0 Å². The van der Waals surface area contributed by atoms with E-state index in [1.54, 1.807) is 0 Å². The van der Waals surface area contributed by atoms with Crippen molar-refractivity contribution in [3.05, 3.63) is 0 Å². The van der Waals surface area contributed by atoms with Crippen molar-refractivity contribution in [2.45, 2.75) is 59.4 Å². The second-order valence-electron chi connectivity index (χ2n) is 7.29. The highest BCUT2D eigenvalue weighted by Gasteiger charge is 2.22. The number of hydrogen-bond donors (Lipinski definition) is 2. The fraction of sp³-hybridized carbons (Fsp3) is 1.00. The molecule has 18 heavy (non-hydrogen) atoms. The molecule has 110 valence electrons. The van der Waals surface area contributed by atoms with Crippen LogP contribution in [0, 0.1) is 5.41 Å². The van der Waals surface area contributed by atoms with Crippen LogP contribution in [0.5, 0.6) is 0 Å². The van der Waals surface area contributed by atoms with Gasteiger partial charge in [0.25, 0.3) is 0 Å². The predicted molar refractivity (Wildman–Crippen MR) is 80.0 cm³/mol. The van der Waals surface area contributed by atoms with Crippen LogP contribution in [0.2, 0.25) is 0 Å². The molecule has 0 atom stereocenters. The Morgan fingerprint density at radius 2 is 1.61 bits per heavy atom. The fourth-order valence-corrected chi connectivity index (χ4v) is 2.04. The average Bonchev–Trinajstić information content (AvgIpc) is 2.20. The Bertz CT molecular complexity index is 209. The van der Waals surface area contributed by atoms with Gasteiger partial charge >= 0.3 is 0 Å². The minimum Gasteiger partial charge on any atom is -0.396 e. The number of rotatable bonds is 9. The summed E-state index contributed by atoms with van der Waals surface area (Å²) in [5.41, 5.74) is 0.482. The van der Waals surface area contributed by atoms with E-state index in [1.807, 2.05) is 0 Å². The first kappa shape index (κ1) is 17.9. The number of aliphatic hydroxyl groups is 1. The first-order valence-electron chi connectivity index (χ1n) is 7.21. The van der Waals surface area contributed by atoms with Gasteiger partial charge in [-0.25, -0.2) is 0 Å². The summed E-state index contributed by atoms with van der Waals surface area (Å²) in [6.07, 6.45) is 3.24. The summed E-state index contributed by atoms with van der Waals surface area (Å²) in [5, 5.41) is 12.3. The Morgan fingerprint density at radius 3 is 2.11 bits per heavy atom.